The van der Waals surface area contributed by atoms with E-state index in [2.05, 4.69) is 14.9 Å². The molecular weight excluding hydrogens is 420 g/mol. The predicted molar refractivity (Wildman–Crippen MR) is 125 cm³/mol. The summed E-state index contributed by atoms with van der Waals surface area (Å²) in [5, 5.41) is 8.82. The zero-order valence-electron chi connectivity index (χ0n) is 18.5. The van der Waals surface area contributed by atoms with Crippen LogP contribution < -0.4 is 5.32 Å². The number of carbonyl (C=O) groups is 2. The first-order valence-corrected chi connectivity index (χ1v) is 11.9. The maximum atomic E-state index is 13.6. The van der Waals surface area contributed by atoms with Crippen LogP contribution in [0.25, 0.3) is 0 Å². The van der Waals surface area contributed by atoms with Crippen LogP contribution in [0.5, 0.6) is 0 Å². The quantitative estimate of drug-likeness (QED) is 0.573. The second kappa shape index (κ2) is 10.0. The minimum Gasteiger partial charge on any atom is -0.351 e. The molecule has 1 saturated carbocycles. The Kier molecular flexibility index (Phi) is 6.95. The van der Waals surface area contributed by atoms with Crippen molar-refractivity contribution >= 4 is 23.3 Å². The highest BCUT2D eigenvalue weighted by atomic mass is 32.1. The van der Waals surface area contributed by atoms with E-state index in [9.17, 15) is 9.59 Å². The molecule has 2 aromatic carbocycles. The standard InChI is InChI=1S/C25H28N4O2S/c1-17-7-11-19(12-8-17)15-29(25(31)22-16-32-28-27-22)23(20-13-9-18(2)10-14-20)24(30)26-21-5-3-4-6-21/h7-14,16,21,23H,3-6,15H2,1-2H3,(H,26,30). The highest BCUT2D eigenvalue weighted by Gasteiger charge is 2.34. The third-order valence-corrected chi connectivity index (χ3v) is 6.47. The number of amides is 2. The summed E-state index contributed by atoms with van der Waals surface area (Å²) in [6.07, 6.45) is 4.20. The largest absolute Gasteiger partial charge is 0.351 e. The van der Waals surface area contributed by atoms with Crippen molar-refractivity contribution in [2.45, 2.75) is 58.2 Å². The first kappa shape index (κ1) is 22.1. The van der Waals surface area contributed by atoms with Crippen LogP contribution in [0.2, 0.25) is 0 Å². The van der Waals surface area contributed by atoms with Gasteiger partial charge in [0.15, 0.2) is 5.69 Å². The minimum absolute atomic E-state index is 0.149. The maximum Gasteiger partial charge on any atom is 0.276 e. The van der Waals surface area contributed by atoms with Crippen LogP contribution in [0, 0.1) is 13.8 Å². The Bertz CT molecular complexity index is 1040. The molecule has 6 nitrogen and oxygen atoms in total. The third kappa shape index (κ3) is 5.22. The molecule has 1 unspecified atom stereocenters. The molecule has 1 heterocycles. The van der Waals surface area contributed by atoms with Crippen molar-refractivity contribution in [3.63, 3.8) is 0 Å². The Morgan fingerprint density at radius 1 is 1.03 bits per heavy atom. The van der Waals surface area contributed by atoms with Gasteiger partial charge in [0, 0.05) is 18.0 Å². The zero-order valence-corrected chi connectivity index (χ0v) is 19.3. The van der Waals surface area contributed by atoms with E-state index in [0.717, 1.165) is 59.5 Å². The number of nitrogens with one attached hydrogen (secondary N) is 1. The molecule has 0 bridgehead atoms. The molecule has 0 aliphatic heterocycles. The topological polar surface area (TPSA) is 75.2 Å². The van der Waals surface area contributed by atoms with Gasteiger partial charge in [0.2, 0.25) is 5.91 Å². The van der Waals surface area contributed by atoms with Crippen LogP contribution in [-0.2, 0) is 11.3 Å². The number of benzene rings is 2. The molecule has 3 aromatic rings. The van der Waals surface area contributed by atoms with Gasteiger partial charge in [0.1, 0.15) is 6.04 Å². The molecule has 0 saturated heterocycles. The third-order valence-electron chi connectivity index (χ3n) is 5.97. The van der Waals surface area contributed by atoms with E-state index < -0.39 is 6.04 Å². The molecule has 1 aliphatic carbocycles. The number of carbonyl (C=O) groups excluding carboxylic acids is 2. The van der Waals surface area contributed by atoms with Gasteiger partial charge in [-0.25, -0.2) is 0 Å². The van der Waals surface area contributed by atoms with Crippen LogP contribution in [0.4, 0.5) is 0 Å². The lowest BCUT2D eigenvalue weighted by Gasteiger charge is -2.32. The summed E-state index contributed by atoms with van der Waals surface area (Å²) in [7, 11) is 0. The van der Waals surface area contributed by atoms with Crippen molar-refractivity contribution in [2.75, 3.05) is 0 Å². The Morgan fingerprint density at radius 3 is 2.25 bits per heavy atom. The fourth-order valence-corrected chi connectivity index (χ4v) is 4.58. The van der Waals surface area contributed by atoms with Crippen LogP contribution in [-0.4, -0.2) is 32.3 Å². The molecule has 1 N–H and O–H groups in total. The second-order valence-electron chi connectivity index (χ2n) is 8.51. The maximum absolute atomic E-state index is 13.6. The van der Waals surface area contributed by atoms with Crippen LogP contribution in [0.1, 0.15) is 64.5 Å². The first-order chi connectivity index (χ1) is 15.5. The smallest absolute Gasteiger partial charge is 0.276 e. The Hall–Kier alpha value is -3.06. The summed E-state index contributed by atoms with van der Waals surface area (Å²) in [5.41, 5.74) is 4.24. The molecule has 1 atom stereocenters. The molecule has 166 valence electrons. The van der Waals surface area contributed by atoms with Gasteiger partial charge in [-0.05, 0) is 49.3 Å². The summed E-state index contributed by atoms with van der Waals surface area (Å²) < 4.78 is 3.86. The Balaban J connectivity index is 1.73. The lowest BCUT2D eigenvalue weighted by Crippen LogP contribution is -2.46. The lowest BCUT2D eigenvalue weighted by atomic mass is 10.0. The summed E-state index contributed by atoms with van der Waals surface area (Å²) in [5.74, 6) is -0.448. The zero-order chi connectivity index (χ0) is 22.5. The fourth-order valence-electron chi connectivity index (χ4n) is 4.15. The average Bonchev–Trinajstić information content (AvgIpc) is 3.50. The first-order valence-electron chi connectivity index (χ1n) is 11.0. The Labute approximate surface area is 192 Å². The van der Waals surface area contributed by atoms with E-state index in [1.165, 1.54) is 0 Å². The summed E-state index contributed by atoms with van der Waals surface area (Å²) >= 11 is 1.13. The normalized spacial score (nSPS) is 14.8. The van der Waals surface area contributed by atoms with Gasteiger partial charge in [-0.2, -0.15) is 0 Å². The van der Waals surface area contributed by atoms with E-state index >= 15 is 0 Å². The van der Waals surface area contributed by atoms with E-state index in [-0.39, 0.29) is 23.6 Å². The second-order valence-corrected chi connectivity index (χ2v) is 9.12. The van der Waals surface area contributed by atoms with Crippen molar-refractivity contribution in [2.24, 2.45) is 0 Å². The highest BCUT2D eigenvalue weighted by Crippen LogP contribution is 2.28. The van der Waals surface area contributed by atoms with E-state index in [4.69, 9.17) is 0 Å². The van der Waals surface area contributed by atoms with Crippen molar-refractivity contribution in [3.05, 3.63) is 81.9 Å². The van der Waals surface area contributed by atoms with Gasteiger partial charge < -0.3 is 10.2 Å². The van der Waals surface area contributed by atoms with E-state index in [1.54, 1.807) is 10.3 Å². The van der Waals surface area contributed by atoms with Crippen LogP contribution in [0.15, 0.2) is 53.9 Å². The predicted octanol–water partition coefficient (Wildman–Crippen LogP) is 4.60. The monoisotopic (exact) mass is 448 g/mol. The summed E-state index contributed by atoms with van der Waals surface area (Å²) in [6, 6.07) is 15.2. The fraction of sp³-hybridized carbons (Fsp3) is 0.360. The van der Waals surface area contributed by atoms with Gasteiger partial charge in [0.05, 0.1) is 0 Å². The minimum atomic E-state index is -0.758. The molecule has 1 fully saturated rings. The average molecular weight is 449 g/mol. The molecule has 0 spiro atoms. The number of aryl methyl sites for hydroxylation is 2. The van der Waals surface area contributed by atoms with Crippen molar-refractivity contribution in [1.82, 2.24) is 19.8 Å². The molecule has 1 aromatic heterocycles. The molecule has 32 heavy (non-hydrogen) atoms. The van der Waals surface area contributed by atoms with Crippen LogP contribution >= 0.6 is 11.5 Å². The number of aromatic nitrogens is 2. The van der Waals surface area contributed by atoms with Crippen LogP contribution in [0.3, 0.4) is 0 Å². The molecule has 2 amide bonds. The highest BCUT2D eigenvalue weighted by molar-refractivity contribution is 7.03. The number of rotatable bonds is 7. The molecule has 1 aliphatic rings. The lowest BCUT2D eigenvalue weighted by molar-refractivity contribution is -0.126. The van der Waals surface area contributed by atoms with Gasteiger partial charge >= 0.3 is 0 Å². The molecule has 0 radical (unpaired) electrons. The molecule has 4 rings (SSSR count). The van der Waals surface area contributed by atoms with Gasteiger partial charge in [-0.15, -0.1) is 5.10 Å². The van der Waals surface area contributed by atoms with E-state index in [0.29, 0.717) is 6.54 Å². The Morgan fingerprint density at radius 2 is 1.66 bits per heavy atom. The number of hydrogen-bond acceptors (Lipinski definition) is 5. The summed E-state index contributed by atoms with van der Waals surface area (Å²) in [4.78, 5) is 28.8. The van der Waals surface area contributed by atoms with E-state index in [1.807, 2.05) is 62.4 Å². The number of hydrogen-bond donors (Lipinski definition) is 1. The van der Waals surface area contributed by atoms with Crippen molar-refractivity contribution in [3.8, 4) is 0 Å². The van der Waals surface area contributed by atoms with Crippen molar-refractivity contribution in [1.29, 1.82) is 0 Å². The van der Waals surface area contributed by atoms with Crippen molar-refractivity contribution < 1.29 is 9.59 Å². The van der Waals surface area contributed by atoms with Gasteiger partial charge in [-0.1, -0.05) is 77.0 Å². The molecular formula is C25H28N4O2S. The SMILES string of the molecule is Cc1ccc(CN(C(=O)c2csnn2)C(C(=O)NC2CCCC2)c2ccc(C)cc2)cc1. The summed E-state index contributed by atoms with van der Waals surface area (Å²) in [6.45, 7) is 4.33. The molecule has 7 heteroatoms. The number of nitrogens with zero attached hydrogens (tertiary/aromatic N) is 3. The van der Waals surface area contributed by atoms with Gasteiger partial charge in [0.25, 0.3) is 5.91 Å². The van der Waals surface area contributed by atoms with Gasteiger partial charge in [-0.3, -0.25) is 9.59 Å².